The van der Waals surface area contributed by atoms with Gasteiger partial charge in [0.15, 0.2) is 0 Å². The molecule has 1 amide bonds. The molecule has 0 aromatic carbocycles. The Kier molecular flexibility index (Phi) is 5.02. The number of aryl methyl sites for hydroxylation is 1. The maximum absolute atomic E-state index is 13.1. The molecule has 1 aromatic rings. The molecule has 0 spiro atoms. The van der Waals surface area contributed by atoms with Gasteiger partial charge in [-0.3, -0.25) is 9.69 Å². The fourth-order valence-electron chi connectivity index (χ4n) is 4.46. The molecule has 2 saturated heterocycles. The number of rotatable bonds is 3. The molecule has 2 fully saturated rings. The number of ether oxygens (including phenoxy) is 1. The molecule has 0 saturated carbocycles. The van der Waals surface area contributed by atoms with Crippen molar-refractivity contribution in [2.24, 2.45) is 5.92 Å². The van der Waals surface area contributed by atoms with Gasteiger partial charge in [0.05, 0.1) is 18.8 Å². The van der Waals surface area contributed by atoms with Crippen LogP contribution in [0.5, 0.6) is 0 Å². The minimum Gasteiger partial charge on any atom is -0.379 e. The summed E-state index contributed by atoms with van der Waals surface area (Å²) in [6.07, 6.45) is 0. The van der Waals surface area contributed by atoms with Gasteiger partial charge in [0.25, 0.3) is 5.91 Å². The maximum Gasteiger partial charge on any atom is 0.255 e. The van der Waals surface area contributed by atoms with Crippen LogP contribution in [0.15, 0.2) is 6.07 Å². The van der Waals surface area contributed by atoms with Gasteiger partial charge in [0.1, 0.15) is 0 Å². The van der Waals surface area contributed by atoms with Crippen molar-refractivity contribution in [2.45, 2.75) is 46.7 Å². The Morgan fingerprint density at radius 3 is 2.46 bits per heavy atom. The summed E-state index contributed by atoms with van der Waals surface area (Å²) in [7, 11) is 0. The van der Waals surface area contributed by atoms with E-state index in [2.05, 4.69) is 55.1 Å². The van der Waals surface area contributed by atoms with Crippen LogP contribution in [0.4, 0.5) is 0 Å². The Bertz CT molecular complexity index is 602. The van der Waals surface area contributed by atoms with Crippen LogP contribution in [0.3, 0.4) is 0 Å². The first kappa shape index (κ1) is 17.5. The zero-order chi connectivity index (χ0) is 17.4. The molecule has 2 atom stereocenters. The molecule has 2 aliphatic rings. The number of morpholine rings is 1. The van der Waals surface area contributed by atoms with Crippen molar-refractivity contribution in [3.63, 3.8) is 0 Å². The summed E-state index contributed by atoms with van der Waals surface area (Å²) in [5.74, 6) is 0.707. The first-order chi connectivity index (χ1) is 11.4. The number of likely N-dealkylation sites (tertiary alicyclic amines) is 1. The van der Waals surface area contributed by atoms with Crippen molar-refractivity contribution < 1.29 is 9.53 Å². The minimum atomic E-state index is 0.192. The van der Waals surface area contributed by atoms with Crippen molar-refractivity contribution in [1.29, 1.82) is 0 Å². The third-order valence-corrected chi connectivity index (χ3v) is 5.61. The van der Waals surface area contributed by atoms with E-state index in [0.29, 0.717) is 18.0 Å². The molecule has 0 aliphatic carbocycles. The van der Waals surface area contributed by atoms with Gasteiger partial charge in [0, 0.05) is 49.7 Å². The van der Waals surface area contributed by atoms with Crippen LogP contribution in [0, 0.1) is 19.8 Å². The van der Waals surface area contributed by atoms with E-state index in [0.717, 1.165) is 50.7 Å². The number of hydrogen-bond acceptors (Lipinski definition) is 3. The highest BCUT2D eigenvalue weighted by Crippen LogP contribution is 2.27. The maximum atomic E-state index is 13.1. The summed E-state index contributed by atoms with van der Waals surface area (Å²) < 4.78 is 7.72. The first-order valence-electron chi connectivity index (χ1n) is 9.19. The molecule has 24 heavy (non-hydrogen) atoms. The van der Waals surface area contributed by atoms with Gasteiger partial charge in [-0.15, -0.1) is 0 Å². The average Bonchev–Trinajstić information content (AvgIpc) is 3.07. The summed E-state index contributed by atoms with van der Waals surface area (Å²) in [5, 5.41) is 0. The van der Waals surface area contributed by atoms with Gasteiger partial charge in [-0.1, -0.05) is 6.92 Å². The predicted octanol–water partition coefficient (Wildman–Crippen LogP) is 2.48. The SMILES string of the molecule is Cc1cc(C(=O)N2CC(C)C(N3CCOCC3)C2)c(C)n1C(C)C. The summed E-state index contributed by atoms with van der Waals surface area (Å²) in [6.45, 7) is 16.0. The van der Waals surface area contributed by atoms with E-state index in [1.165, 1.54) is 5.69 Å². The molecular formula is C19H31N3O2. The third-order valence-electron chi connectivity index (χ3n) is 5.61. The van der Waals surface area contributed by atoms with Crippen LogP contribution in [-0.2, 0) is 4.74 Å². The zero-order valence-corrected chi connectivity index (χ0v) is 15.7. The standard InChI is InChI=1S/C19H31N3O2/c1-13(2)22-15(4)10-17(16(22)5)19(23)21-11-14(3)18(12-21)20-6-8-24-9-7-20/h10,13-14,18H,6-9,11-12H2,1-5H3. The lowest BCUT2D eigenvalue weighted by Crippen LogP contribution is -2.47. The van der Waals surface area contributed by atoms with Gasteiger partial charge < -0.3 is 14.2 Å². The Morgan fingerprint density at radius 2 is 1.88 bits per heavy atom. The zero-order valence-electron chi connectivity index (χ0n) is 15.7. The number of nitrogens with zero attached hydrogens (tertiary/aromatic N) is 3. The molecule has 5 heteroatoms. The van der Waals surface area contributed by atoms with Crippen LogP contribution in [0.25, 0.3) is 0 Å². The number of hydrogen-bond donors (Lipinski definition) is 0. The lowest BCUT2D eigenvalue weighted by molar-refractivity contribution is 0.0119. The molecule has 2 unspecified atom stereocenters. The molecule has 3 heterocycles. The molecule has 5 nitrogen and oxygen atoms in total. The summed E-state index contributed by atoms with van der Waals surface area (Å²) >= 11 is 0. The number of carbonyl (C=O) groups excluding carboxylic acids is 1. The van der Waals surface area contributed by atoms with Crippen molar-refractivity contribution in [1.82, 2.24) is 14.4 Å². The highest BCUT2D eigenvalue weighted by molar-refractivity contribution is 5.96. The van der Waals surface area contributed by atoms with Gasteiger partial charge in [-0.25, -0.2) is 0 Å². The van der Waals surface area contributed by atoms with Crippen molar-refractivity contribution in [2.75, 3.05) is 39.4 Å². The summed E-state index contributed by atoms with van der Waals surface area (Å²) in [5.41, 5.74) is 3.13. The Hall–Kier alpha value is -1.33. The number of aromatic nitrogens is 1. The molecule has 0 N–H and O–H groups in total. The second-order valence-corrected chi connectivity index (χ2v) is 7.65. The van der Waals surface area contributed by atoms with Crippen LogP contribution in [0.1, 0.15) is 48.6 Å². The molecule has 0 bridgehead atoms. The van der Waals surface area contributed by atoms with Crippen LogP contribution in [0.2, 0.25) is 0 Å². The molecule has 2 aliphatic heterocycles. The normalized spacial score (nSPS) is 25.7. The Morgan fingerprint density at radius 1 is 1.21 bits per heavy atom. The second-order valence-electron chi connectivity index (χ2n) is 7.65. The van der Waals surface area contributed by atoms with Crippen LogP contribution < -0.4 is 0 Å². The van der Waals surface area contributed by atoms with E-state index in [9.17, 15) is 4.79 Å². The Balaban J connectivity index is 1.75. The quantitative estimate of drug-likeness (QED) is 0.853. The molecule has 134 valence electrons. The smallest absolute Gasteiger partial charge is 0.255 e. The van der Waals surface area contributed by atoms with E-state index >= 15 is 0 Å². The monoisotopic (exact) mass is 333 g/mol. The molecule has 1 aromatic heterocycles. The highest BCUT2D eigenvalue weighted by Gasteiger charge is 2.37. The van der Waals surface area contributed by atoms with Crippen molar-refractivity contribution >= 4 is 5.91 Å². The van der Waals surface area contributed by atoms with E-state index in [1.54, 1.807) is 0 Å². The van der Waals surface area contributed by atoms with Gasteiger partial charge in [-0.2, -0.15) is 0 Å². The first-order valence-corrected chi connectivity index (χ1v) is 9.19. The molecule has 0 radical (unpaired) electrons. The Labute approximate surface area is 145 Å². The fourth-order valence-corrected chi connectivity index (χ4v) is 4.46. The van der Waals surface area contributed by atoms with E-state index in [4.69, 9.17) is 4.74 Å². The summed E-state index contributed by atoms with van der Waals surface area (Å²) in [6, 6.07) is 2.90. The van der Waals surface area contributed by atoms with Gasteiger partial charge >= 0.3 is 0 Å². The van der Waals surface area contributed by atoms with Gasteiger partial charge in [0.2, 0.25) is 0 Å². The van der Waals surface area contributed by atoms with Gasteiger partial charge in [-0.05, 0) is 39.7 Å². The minimum absolute atomic E-state index is 0.192. The van der Waals surface area contributed by atoms with E-state index in [-0.39, 0.29) is 5.91 Å². The predicted molar refractivity (Wildman–Crippen MR) is 95.5 cm³/mol. The van der Waals surface area contributed by atoms with Crippen molar-refractivity contribution in [3.05, 3.63) is 23.0 Å². The number of amides is 1. The van der Waals surface area contributed by atoms with Crippen molar-refractivity contribution in [3.8, 4) is 0 Å². The lowest BCUT2D eigenvalue weighted by Gasteiger charge is -2.34. The molecular weight excluding hydrogens is 302 g/mol. The van der Waals surface area contributed by atoms with Crippen LogP contribution >= 0.6 is 0 Å². The molecule has 3 rings (SSSR count). The van der Waals surface area contributed by atoms with E-state index in [1.807, 2.05) is 0 Å². The largest absolute Gasteiger partial charge is 0.379 e. The van der Waals surface area contributed by atoms with Crippen LogP contribution in [-0.4, -0.2) is 65.7 Å². The summed E-state index contributed by atoms with van der Waals surface area (Å²) in [4.78, 5) is 17.7. The second kappa shape index (κ2) is 6.89. The highest BCUT2D eigenvalue weighted by atomic mass is 16.5. The van der Waals surface area contributed by atoms with E-state index < -0.39 is 0 Å². The number of carbonyl (C=O) groups is 1. The fraction of sp³-hybridized carbons (Fsp3) is 0.737. The topological polar surface area (TPSA) is 37.7 Å². The lowest BCUT2D eigenvalue weighted by atomic mass is 10.0. The third kappa shape index (κ3) is 3.11. The average molecular weight is 333 g/mol.